The van der Waals surface area contributed by atoms with Gasteiger partial charge in [-0.15, -0.1) is 0 Å². The van der Waals surface area contributed by atoms with Crippen LogP contribution in [0.25, 0.3) is 27.9 Å². The number of primary amides is 1. The molecule has 0 saturated carbocycles. The van der Waals surface area contributed by atoms with Crippen molar-refractivity contribution in [3.05, 3.63) is 42.5 Å². The molecule has 0 spiro atoms. The number of fused-ring (bicyclic) bond motifs is 2. The van der Waals surface area contributed by atoms with Crippen molar-refractivity contribution in [1.29, 1.82) is 0 Å². The maximum absolute atomic E-state index is 11.8. The van der Waals surface area contributed by atoms with Gasteiger partial charge in [0, 0.05) is 37.5 Å². The fourth-order valence-electron chi connectivity index (χ4n) is 4.00. The van der Waals surface area contributed by atoms with Crippen LogP contribution in [0, 0.1) is 0 Å². The number of carbonyl (C=O) groups is 1. The van der Waals surface area contributed by atoms with Crippen molar-refractivity contribution in [2.24, 2.45) is 5.73 Å². The molecule has 0 bridgehead atoms. The van der Waals surface area contributed by atoms with Crippen molar-refractivity contribution >= 4 is 28.3 Å². The number of nitrogens with one attached hydrogen (secondary N) is 1. The van der Waals surface area contributed by atoms with Gasteiger partial charge in [-0.25, -0.2) is 14.5 Å². The molecule has 10 heteroatoms. The van der Waals surface area contributed by atoms with Gasteiger partial charge in [0.1, 0.15) is 17.4 Å². The number of ether oxygens (including phenoxy) is 2. The number of aromatic nitrogens is 5. The van der Waals surface area contributed by atoms with E-state index in [1.165, 1.54) is 10.7 Å². The SMILES string of the molecule is CNc1cc(-c2cn([C@H]3COC[C@@H]3OC)c3ncccc23)nn2c(C(N)=O)cnc12. The molecule has 10 nitrogen and oxygen atoms in total. The van der Waals surface area contributed by atoms with Gasteiger partial charge >= 0.3 is 0 Å². The standard InChI is InChI=1S/C20H21N7O3/c1-22-14-6-13(25-27-15(18(21)28)7-24-20(14)27)12-8-26(16-9-30-10-17(16)29-2)19-11(12)4-3-5-23-19/h3-8,16-17,22H,9-10H2,1-2H3,(H2,21,28)/t16-,17-/m0/s1. The normalized spacial score (nSPS) is 19.0. The summed E-state index contributed by atoms with van der Waals surface area (Å²) in [5.41, 5.74) is 9.35. The van der Waals surface area contributed by atoms with E-state index in [0.717, 1.165) is 22.3 Å². The average Bonchev–Trinajstić information content (AvgIpc) is 3.48. The van der Waals surface area contributed by atoms with Gasteiger partial charge in [-0.2, -0.15) is 5.10 Å². The van der Waals surface area contributed by atoms with E-state index in [0.29, 0.717) is 24.6 Å². The Morgan fingerprint density at radius 2 is 2.20 bits per heavy atom. The first kappa shape index (κ1) is 18.5. The predicted octanol–water partition coefficient (Wildman–Crippen LogP) is 1.47. The lowest BCUT2D eigenvalue weighted by molar-refractivity contribution is 0.0692. The summed E-state index contributed by atoms with van der Waals surface area (Å²) in [6.45, 7) is 1.08. The van der Waals surface area contributed by atoms with Gasteiger partial charge in [0.15, 0.2) is 5.65 Å². The molecule has 2 atom stereocenters. The Bertz CT molecular complexity index is 1260. The maximum atomic E-state index is 11.8. The van der Waals surface area contributed by atoms with Gasteiger partial charge in [-0.3, -0.25) is 4.79 Å². The topological polar surface area (TPSA) is 122 Å². The Hall–Kier alpha value is -3.50. The van der Waals surface area contributed by atoms with E-state index in [4.69, 9.17) is 15.2 Å². The van der Waals surface area contributed by atoms with Crippen LogP contribution in [0.5, 0.6) is 0 Å². The van der Waals surface area contributed by atoms with E-state index in [1.807, 2.05) is 24.4 Å². The number of hydrogen-bond donors (Lipinski definition) is 2. The van der Waals surface area contributed by atoms with Gasteiger partial charge in [-0.05, 0) is 18.2 Å². The van der Waals surface area contributed by atoms with Crippen LogP contribution in [0.1, 0.15) is 16.5 Å². The third-order valence-corrected chi connectivity index (χ3v) is 5.51. The fraction of sp³-hybridized carbons (Fsp3) is 0.300. The smallest absolute Gasteiger partial charge is 0.269 e. The molecule has 1 aliphatic rings. The third-order valence-electron chi connectivity index (χ3n) is 5.51. The molecule has 0 radical (unpaired) electrons. The average molecular weight is 407 g/mol. The number of imidazole rings is 1. The number of anilines is 1. The molecule has 0 aliphatic carbocycles. The zero-order valence-electron chi connectivity index (χ0n) is 16.6. The second-order valence-electron chi connectivity index (χ2n) is 7.14. The van der Waals surface area contributed by atoms with Crippen molar-refractivity contribution in [1.82, 2.24) is 24.1 Å². The summed E-state index contributed by atoms with van der Waals surface area (Å²) in [6, 6.07) is 5.79. The lowest BCUT2D eigenvalue weighted by Crippen LogP contribution is -2.24. The molecule has 30 heavy (non-hydrogen) atoms. The Balaban J connectivity index is 1.75. The highest BCUT2D eigenvalue weighted by Gasteiger charge is 2.31. The summed E-state index contributed by atoms with van der Waals surface area (Å²) in [5.74, 6) is -0.593. The molecule has 154 valence electrons. The first-order valence-corrected chi connectivity index (χ1v) is 9.55. The Labute approximate surface area is 171 Å². The fourth-order valence-corrected chi connectivity index (χ4v) is 4.00. The number of methoxy groups -OCH3 is 1. The summed E-state index contributed by atoms with van der Waals surface area (Å²) in [7, 11) is 3.48. The molecule has 4 aromatic heterocycles. The maximum Gasteiger partial charge on any atom is 0.269 e. The Kier molecular flexibility index (Phi) is 4.37. The minimum absolute atomic E-state index is 0.00285. The molecular formula is C20H21N7O3. The number of amides is 1. The molecule has 0 unspecified atom stereocenters. The Morgan fingerprint density at radius 3 is 2.97 bits per heavy atom. The summed E-state index contributed by atoms with van der Waals surface area (Å²) in [5, 5.41) is 8.73. The monoisotopic (exact) mass is 407 g/mol. The van der Waals surface area contributed by atoms with E-state index < -0.39 is 5.91 Å². The van der Waals surface area contributed by atoms with Crippen LogP contribution >= 0.6 is 0 Å². The first-order valence-electron chi connectivity index (χ1n) is 9.55. The van der Waals surface area contributed by atoms with Crippen LogP contribution in [-0.2, 0) is 9.47 Å². The van der Waals surface area contributed by atoms with Crippen molar-refractivity contribution < 1.29 is 14.3 Å². The Morgan fingerprint density at radius 1 is 1.33 bits per heavy atom. The summed E-state index contributed by atoms with van der Waals surface area (Å²) in [6.07, 6.45) is 5.14. The number of hydrogen-bond acceptors (Lipinski definition) is 7. The molecule has 5 heterocycles. The lowest BCUT2D eigenvalue weighted by atomic mass is 10.1. The highest BCUT2D eigenvalue weighted by atomic mass is 16.5. The number of rotatable bonds is 5. The molecule has 1 fully saturated rings. The van der Waals surface area contributed by atoms with Gasteiger partial charge in [0.05, 0.1) is 36.8 Å². The highest BCUT2D eigenvalue weighted by molar-refractivity contribution is 5.95. The molecule has 4 aromatic rings. The van der Waals surface area contributed by atoms with Crippen LogP contribution in [-0.4, -0.2) is 63.5 Å². The zero-order valence-corrected chi connectivity index (χ0v) is 16.6. The van der Waals surface area contributed by atoms with Gasteiger partial charge in [0.2, 0.25) is 0 Å². The molecule has 1 amide bonds. The number of nitrogens with two attached hydrogens (primary N) is 1. The van der Waals surface area contributed by atoms with Crippen LogP contribution < -0.4 is 11.1 Å². The van der Waals surface area contributed by atoms with Crippen molar-refractivity contribution in [2.75, 3.05) is 32.7 Å². The minimum atomic E-state index is -0.593. The van der Waals surface area contributed by atoms with E-state index in [2.05, 4.69) is 25.0 Å². The molecule has 1 aliphatic heterocycles. The van der Waals surface area contributed by atoms with E-state index in [9.17, 15) is 4.79 Å². The largest absolute Gasteiger partial charge is 0.385 e. The molecular weight excluding hydrogens is 386 g/mol. The number of carbonyl (C=O) groups excluding carboxylic acids is 1. The molecule has 0 aromatic carbocycles. The highest BCUT2D eigenvalue weighted by Crippen LogP contribution is 2.35. The minimum Gasteiger partial charge on any atom is -0.385 e. The predicted molar refractivity (Wildman–Crippen MR) is 110 cm³/mol. The molecule has 3 N–H and O–H groups in total. The second-order valence-corrected chi connectivity index (χ2v) is 7.14. The van der Waals surface area contributed by atoms with Gasteiger partial charge < -0.3 is 25.1 Å². The van der Waals surface area contributed by atoms with Gasteiger partial charge in [-0.1, -0.05) is 0 Å². The first-order chi connectivity index (χ1) is 14.6. The molecule has 1 saturated heterocycles. The van der Waals surface area contributed by atoms with Crippen molar-refractivity contribution in [2.45, 2.75) is 12.1 Å². The number of nitrogens with zero attached hydrogens (tertiary/aromatic N) is 5. The second kappa shape index (κ2) is 7.08. The zero-order chi connectivity index (χ0) is 20.8. The van der Waals surface area contributed by atoms with Crippen LogP contribution in [0.2, 0.25) is 0 Å². The van der Waals surface area contributed by atoms with Crippen molar-refractivity contribution in [3.8, 4) is 11.3 Å². The van der Waals surface area contributed by atoms with Crippen LogP contribution in [0.4, 0.5) is 5.69 Å². The lowest BCUT2D eigenvalue weighted by Gasteiger charge is -2.18. The quantitative estimate of drug-likeness (QED) is 0.514. The third kappa shape index (κ3) is 2.72. The van der Waals surface area contributed by atoms with E-state index in [1.54, 1.807) is 20.4 Å². The summed E-state index contributed by atoms with van der Waals surface area (Å²) < 4.78 is 14.8. The van der Waals surface area contributed by atoms with E-state index in [-0.39, 0.29) is 17.8 Å². The van der Waals surface area contributed by atoms with Crippen LogP contribution in [0.15, 0.2) is 36.8 Å². The van der Waals surface area contributed by atoms with Gasteiger partial charge in [0.25, 0.3) is 5.91 Å². The molecule has 5 rings (SSSR count). The summed E-state index contributed by atoms with van der Waals surface area (Å²) >= 11 is 0. The van der Waals surface area contributed by atoms with Crippen LogP contribution in [0.3, 0.4) is 0 Å². The number of pyridine rings is 1. The van der Waals surface area contributed by atoms with Crippen molar-refractivity contribution in [3.63, 3.8) is 0 Å². The van der Waals surface area contributed by atoms with E-state index >= 15 is 0 Å². The summed E-state index contributed by atoms with van der Waals surface area (Å²) in [4.78, 5) is 20.7.